The van der Waals surface area contributed by atoms with Gasteiger partial charge in [-0.05, 0) is 54.2 Å². The van der Waals surface area contributed by atoms with Gasteiger partial charge in [-0.25, -0.2) is 4.79 Å². The lowest BCUT2D eigenvalue weighted by atomic mass is 10.0. The molecule has 2 aromatic carbocycles. The Bertz CT molecular complexity index is 765. The third kappa shape index (κ3) is 4.00. The van der Waals surface area contributed by atoms with Crippen LogP contribution < -0.4 is 11.1 Å². The first-order valence-corrected chi connectivity index (χ1v) is 8.01. The fraction of sp³-hybridized carbons (Fsp3) is 0.263. The van der Waals surface area contributed by atoms with Crippen molar-refractivity contribution in [1.29, 1.82) is 0 Å². The molecular formula is C19H20N2O3. The minimum absolute atomic E-state index is 0.0317. The van der Waals surface area contributed by atoms with Crippen LogP contribution in [0.4, 0.5) is 5.69 Å². The molecule has 124 valence electrons. The molecule has 1 saturated carbocycles. The second kappa shape index (κ2) is 6.84. The molecule has 2 aromatic rings. The summed E-state index contributed by atoms with van der Waals surface area (Å²) in [5.74, 6) is -0.959. The first-order valence-electron chi connectivity index (χ1n) is 8.01. The highest BCUT2D eigenvalue weighted by atomic mass is 16.4. The summed E-state index contributed by atoms with van der Waals surface area (Å²) in [4.78, 5) is 23.3. The monoisotopic (exact) mass is 324 g/mol. The van der Waals surface area contributed by atoms with E-state index in [0.717, 1.165) is 29.5 Å². The quantitative estimate of drug-likeness (QED) is 0.762. The van der Waals surface area contributed by atoms with Gasteiger partial charge < -0.3 is 16.2 Å². The molecule has 0 radical (unpaired) electrons. The van der Waals surface area contributed by atoms with E-state index in [1.54, 1.807) is 6.07 Å². The molecule has 0 aromatic heterocycles. The van der Waals surface area contributed by atoms with Crippen molar-refractivity contribution in [3.05, 3.63) is 64.7 Å². The van der Waals surface area contributed by atoms with E-state index in [1.165, 1.54) is 6.07 Å². The highest BCUT2D eigenvalue weighted by Gasteiger charge is 2.29. The van der Waals surface area contributed by atoms with E-state index in [0.29, 0.717) is 18.7 Å². The maximum absolute atomic E-state index is 11.9. The maximum atomic E-state index is 11.9. The second-order valence-corrected chi connectivity index (χ2v) is 6.18. The third-order valence-electron chi connectivity index (χ3n) is 4.12. The van der Waals surface area contributed by atoms with Crippen molar-refractivity contribution in [2.75, 3.05) is 5.32 Å². The Morgan fingerprint density at radius 3 is 2.29 bits per heavy atom. The second-order valence-electron chi connectivity index (χ2n) is 6.18. The van der Waals surface area contributed by atoms with Crippen LogP contribution in [0.3, 0.4) is 0 Å². The van der Waals surface area contributed by atoms with Gasteiger partial charge in [-0.1, -0.05) is 24.3 Å². The average Bonchev–Trinajstić information content (AvgIpc) is 3.40. The molecule has 24 heavy (non-hydrogen) atoms. The fourth-order valence-electron chi connectivity index (χ4n) is 2.61. The summed E-state index contributed by atoms with van der Waals surface area (Å²) in [5.41, 5.74) is 9.28. The van der Waals surface area contributed by atoms with Crippen molar-refractivity contribution in [3.8, 4) is 0 Å². The number of carboxylic acid groups (broad SMARTS) is 1. The molecular weight excluding hydrogens is 304 g/mol. The van der Waals surface area contributed by atoms with E-state index >= 15 is 0 Å². The Balaban J connectivity index is 1.83. The van der Waals surface area contributed by atoms with Crippen LogP contribution in [0.2, 0.25) is 0 Å². The van der Waals surface area contributed by atoms with E-state index in [1.807, 2.05) is 30.3 Å². The minimum Gasteiger partial charge on any atom is -0.478 e. The molecule has 0 heterocycles. The Hall–Kier alpha value is -2.66. The van der Waals surface area contributed by atoms with Gasteiger partial charge in [-0.3, -0.25) is 4.79 Å². The summed E-state index contributed by atoms with van der Waals surface area (Å²) < 4.78 is 0. The molecule has 1 amide bonds. The van der Waals surface area contributed by atoms with Crippen molar-refractivity contribution in [2.24, 2.45) is 11.7 Å². The van der Waals surface area contributed by atoms with Gasteiger partial charge in [0, 0.05) is 18.2 Å². The van der Waals surface area contributed by atoms with E-state index in [-0.39, 0.29) is 17.4 Å². The predicted molar refractivity (Wildman–Crippen MR) is 91.9 cm³/mol. The Morgan fingerprint density at radius 1 is 1.04 bits per heavy atom. The third-order valence-corrected chi connectivity index (χ3v) is 4.12. The van der Waals surface area contributed by atoms with E-state index in [9.17, 15) is 14.7 Å². The number of nitrogens with one attached hydrogen (secondary N) is 1. The standard InChI is InChI=1S/C19H20N2O3/c20-11-13-3-1-12(2-4-13)7-14-8-16(19(23)24)10-17(9-14)21-18(22)15-5-6-15/h1-4,8-10,15H,5-7,11,20H2,(H,21,22)(H,23,24). The van der Waals surface area contributed by atoms with Crippen molar-refractivity contribution in [2.45, 2.75) is 25.8 Å². The number of rotatable bonds is 6. The zero-order valence-electron chi connectivity index (χ0n) is 13.3. The number of carboxylic acids is 1. The summed E-state index contributed by atoms with van der Waals surface area (Å²) >= 11 is 0. The van der Waals surface area contributed by atoms with Gasteiger partial charge in [0.15, 0.2) is 0 Å². The summed E-state index contributed by atoms with van der Waals surface area (Å²) in [5, 5.41) is 12.1. The Morgan fingerprint density at radius 2 is 1.71 bits per heavy atom. The SMILES string of the molecule is NCc1ccc(Cc2cc(NC(=O)C3CC3)cc(C(=O)O)c2)cc1. The lowest BCUT2D eigenvalue weighted by Crippen LogP contribution is -2.14. The molecule has 0 unspecified atom stereocenters. The molecule has 0 saturated heterocycles. The van der Waals surface area contributed by atoms with Crippen LogP contribution in [0, 0.1) is 5.92 Å². The van der Waals surface area contributed by atoms with Crippen molar-refractivity contribution < 1.29 is 14.7 Å². The number of benzene rings is 2. The number of hydrogen-bond donors (Lipinski definition) is 3. The average molecular weight is 324 g/mol. The van der Waals surface area contributed by atoms with Crippen LogP contribution in [-0.2, 0) is 17.8 Å². The Labute approximate surface area is 140 Å². The number of carbonyl (C=O) groups excluding carboxylic acids is 1. The molecule has 1 aliphatic rings. The van der Waals surface area contributed by atoms with Crippen molar-refractivity contribution in [3.63, 3.8) is 0 Å². The molecule has 0 spiro atoms. The largest absolute Gasteiger partial charge is 0.478 e. The number of hydrogen-bond acceptors (Lipinski definition) is 3. The molecule has 4 N–H and O–H groups in total. The van der Waals surface area contributed by atoms with Gasteiger partial charge in [0.05, 0.1) is 5.56 Å². The fourth-order valence-corrected chi connectivity index (χ4v) is 2.61. The highest BCUT2D eigenvalue weighted by molar-refractivity contribution is 5.96. The number of amides is 1. The zero-order chi connectivity index (χ0) is 17.1. The van der Waals surface area contributed by atoms with Crippen LogP contribution >= 0.6 is 0 Å². The van der Waals surface area contributed by atoms with Gasteiger partial charge in [-0.2, -0.15) is 0 Å². The predicted octanol–water partition coefficient (Wildman–Crippen LogP) is 2.78. The van der Waals surface area contributed by atoms with Crippen LogP contribution in [-0.4, -0.2) is 17.0 Å². The molecule has 0 atom stereocenters. The summed E-state index contributed by atoms with van der Waals surface area (Å²) in [6.45, 7) is 0.492. The smallest absolute Gasteiger partial charge is 0.335 e. The van der Waals surface area contributed by atoms with Crippen molar-refractivity contribution >= 4 is 17.6 Å². The van der Waals surface area contributed by atoms with Gasteiger partial charge in [0.25, 0.3) is 0 Å². The molecule has 1 aliphatic carbocycles. The van der Waals surface area contributed by atoms with E-state index in [2.05, 4.69) is 5.32 Å². The number of aromatic carboxylic acids is 1. The summed E-state index contributed by atoms with van der Waals surface area (Å²) in [7, 11) is 0. The van der Waals surface area contributed by atoms with Crippen molar-refractivity contribution in [1.82, 2.24) is 0 Å². The normalized spacial score (nSPS) is 13.5. The van der Waals surface area contributed by atoms with Crippen LogP contribution in [0.25, 0.3) is 0 Å². The van der Waals surface area contributed by atoms with Crippen LogP contribution in [0.5, 0.6) is 0 Å². The van der Waals surface area contributed by atoms with Crippen LogP contribution in [0.1, 0.15) is 39.9 Å². The topological polar surface area (TPSA) is 92.4 Å². The maximum Gasteiger partial charge on any atom is 0.335 e. The minimum atomic E-state index is -1.00. The number of anilines is 1. The number of nitrogens with two attached hydrogens (primary N) is 1. The zero-order valence-corrected chi connectivity index (χ0v) is 13.3. The van der Waals surface area contributed by atoms with E-state index < -0.39 is 5.97 Å². The lowest BCUT2D eigenvalue weighted by molar-refractivity contribution is -0.117. The first-order chi connectivity index (χ1) is 11.5. The van der Waals surface area contributed by atoms with Gasteiger partial charge in [0.2, 0.25) is 5.91 Å². The van der Waals surface area contributed by atoms with E-state index in [4.69, 9.17) is 5.73 Å². The summed E-state index contributed by atoms with van der Waals surface area (Å²) in [6, 6.07) is 12.9. The Kier molecular flexibility index (Phi) is 4.62. The first kappa shape index (κ1) is 16.2. The molecule has 3 rings (SSSR count). The molecule has 5 heteroatoms. The van der Waals surface area contributed by atoms with Crippen LogP contribution in [0.15, 0.2) is 42.5 Å². The number of carbonyl (C=O) groups is 2. The molecule has 0 bridgehead atoms. The molecule has 0 aliphatic heterocycles. The van der Waals surface area contributed by atoms with Gasteiger partial charge >= 0.3 is 5.97 Å². The summed E-state index contributed by atoms with van der Waals surface area (Å²) in [6.07, 6.45) is 2.41. The molecule has 5 nitrogen and oxygen atoms in total. The highest BCUT2D eigenvalue weighted by Crippen LogP contribution is 2.30. The molecule has 1 fully saturated rings. The van der Waals surface area contributed by atoms with Gasteiger partial charge in [-0.15, -0.1) is 0 Å². The van der Waals surface area contributed by atoms with Gasteiger partial charge in [0.1, 0.15) is 0 Å². The lowest BCUT2D eigenvalue weighted by Gasteiger charge is -2.10.